The van der Waals surface area contributed by atoms with Crippen molar-refractivity contribution in [2.45, 2.75) is 0 Å². The van der Waals surface area contributed by atoms with Crippen molar-refractivity contribution in [2.24, 2.45) is 0 Å². The van der Waals surface area contributed by atoms with E-state index >= 15 is 0 Å². The van der Waals surface area contributed by atoms with Crippen LogP contribution in [0.1, 0.15) is 0 Å². The molecular formula is CH7MgNO2. The molecule has 0 aliphatic heterocycles. The maximum atomic E-state index is 8.36. The van der Waals surface area contributed by atoms with Crippen LogP contribution in [0.25, 0.3) is 0 Å². The van der Waals surface area contributed by atoms with Crippen molar-refractivity contribution in [3.8, 4) is 0 Å². The van der Waals surface area contributed by atoms with E-state index in [1.165, 1.54) is 0 Å². The van der Waals surface area contributed by atoms with E-state index in [0.29, 0.717) is 0 Å². The molecule has 0 aromatic heterocycles. The zero-order chi connectivity index (χ0) is 2.71. The molecule has 0 radical (unpaired) electrons. The highest BCUT2D eigenvalue weighted by Gasteiger charge is 1.22. The molecule has 0 spiro atoms. The van der Waals surface area contributed by atoms with Gasteiger partial charge in [0.15, 0.2) is 0 Å². The van der Waals surface area contributed by atoms with Gasteiger partial charge in [0, 0.05) is 0 Å². The molecule has 0 atom stereocenters. The predicted octanol–water partition coefficient (Wildman–Crippen LogP) is -1.05. The fourth-order valence-electron chi connectivity index (χ4n) is 0. The number of hydrogen-bond donors (Lipinski definition) is 2. The van der Waals surface area contributed by atoms with Crippen LogP contribution in [0.5, 0.6) is 0 Å². The van der Waals surface area contributed by atoms with Gasteiger partial charge in [-0.2, -0.15) is 0 Å². The average molecular weight is 89.4 g/mol. The fourth-order valence-corrected chi connectivity index (χ4v) is 0. The lowest BCUT2D eigenvalue weighted by atomic mass is 11.7. The Morgan fingerprint density at radius 3 is 1.60 bits per heavy atom. The molecular weight excluding hydrogens is 82.3 g/mol. The van der Waals surface area contributed by atoms with Crippen molar-refractivity contribution >= 4 is 29.5 Å². The van der Waals surface area contributed by atoms with Gasteiger partial charge in [-0.05, 0) is 0 Å². The molecule has 0 fully saturated rings. The summed E-state index contributed by atoms with van der Waals surface area (Å²) in [7, 11) is 0. The van der Waals surface area contributed by atoms with Gasteiger partial charge in [-0.15, -0.1) is 0 Å². The SMILES string of the molecule is N.O=CO.[MgH2]. The standard InChI is InChI=1S/CH2O2.Mg.H3N.2H/c2-1-3;;;;/h1H,(H,2,3);;1H3;;. The zero-order valence-corrected chi connectivity index (χ0v) is 2.14. The molecule has 0 rings (SSSR count). The molecule has 0 aliphatic carbocycles. The van der Waals surface area contributed by atoms with Gasteiger partial charge >= 0.3 is 23.1 Å². The minimum Gasteiger partial charge on any atom is -0.483 e. The van der Waals surface area contributed by atoms with Crippen LogP contribution in [0, 0.1) is 0 Å². The van der Waals surface area contributed by atoms with Crippen LogP contribution >= 0.6 is 0 Å². The van der Waals surface area contributed by atoms with E-state index in [1.54, 1.807) is 0 Å². The Morgan fingerprint density at radius 2 is 1.60 bits per heavy atom. The first-order valence-corrected chi connectivity index (χ1v) is 0.494. The fraction of sp³-hybridized carbons (Fsp3) is 0. The second kappa shape index (κ2) is 30.0. The third kappa shape index (κ3) is 526. The van der Waals surface area contributed by atoms with Gasteiger partial charge in [-0.1, -0.05) is 0 Å². The maximum Gasteiger partial charge on any atom is 0.316 e. The largest absolute Gasteiger partial charge is 0.483 e. The zero-order valence-electron chi connectivity index (χ0n) is 2.14. The minimum atomic E-state index is -0.250. The summed E-state index contributed by atoms with van der Waals surface area (Å²) < 4.78 is 0. The second-order valence-electron chi connectivity index (χ2n) is 0.105. The topological polar surface area (TPSA) is 72.3 Å². The number of rotatable bonds is 0. The first-order valence-electron chi connectivity index (χ1n) is 0.494. The Morgan fingerprint density at radius 1 is 1.60 bits per heavy atom. The van der Waals surface area contributed by atoms with Crippen LogP contribution < -0.4 is 6.15 Å². The van der Waals surface area contributed by atoms with Crippen molar-refractivity contribution < 1.29 is 9.90 Å². The van der Waals surface area contributed by atoms with E-state index in [0.717, 1.165) is 0 Å². The Kier molecular flexibility index (Phi) is 114. The summed E-state index contributed by atoms with van der Waals surface area (Å²) in [6, 6.07) is 0. The van der Waals surface area contributed by atoms with E-state index < -0.39 is 0 Å². The van der Waals surface area contributed by atoms with Gasteiger partial charge < -0.3 is 11.3 Å². The molecule has 0 unspecified atom stereocenters. The van der Waals surface area contributed by atoms with E-state index in [2.05, 4.69) is 0 Å². The molecule has 0 saturated carbocycles. The van der Waals surface area contributed by atoms with E-state index in [4.69, 9.17) is 9.90 Å². The third-order valence-corrected chi connectivity index (χ3v) is 0. The molecule has 4 N–H and O–H groups in total. The molecule has 0 amide bonds. The monoisotopic (exact) mass is 89.0 g/mol. The average Bonchev–Trinajstić information content (AvgIpc) is 0.918. The van der Waals surface area contributed by atoms with Crippen LogP contribution in [0.2, 0.25) is 0 Å². The van der Waals surface area contributed by atoms with E-state index in [-0.39, 0.29) is 35.7 Å². The second-order valence-corrected chi connectivity index (χ2v) is 0.105. The van der Waals surface area contributed by atoms with Gasteiger partial charge in [0.1, 0.15) is 0 Å². The lowest BCUT2D eigenvalue weighted by Crippen LogP contribution is -1.49. The molecule has 3 nitrogen and oxygen atoms in total. The normalized spacial score (nSPS) is 2.40. The summed E-state index contributed by atoms with van der Waals surface area (Å²) in [5.74, 6) is 0. The predicted molar refractivity (Wildman–Crippen MR) is 22.3 cm³/mol. The Bertz CT molecular complexity index is 17.1. The molecule has 30 valence electrons. The summed E-state index contributed by atoms with van der Waals surface area (Å²) in [4.78, 5) is 8.36. The van der Waals surface area contributed by atoms with Gasteiger partial charge in [-0.25, -0.2) is 0 Å². The number of carboxylic acid groups (broad SMARTS) is 1. The smallest absolute Gasteiger partial charge is 0.316 e. The quantitative estimate of drug-likeness (QED) is 0.294. The van der Waals surface area contributed by atoms with E-state index in [1.807, 2.05) is 0 Å². The summed E-state index contributed by atoms with van der Waals surface area (Å²) in [5.41, 5.74) is 0. The van der Waals surface area contributed by atoms with Gasteiger partial charge in [0.2, 0.25) is 0 Å². The van der Waals surface area contributed by atoms with Gasteiger partial charge in [0.05, 0.1) is 0 Å². The highest BCUT2D eigenvalue weighted by atomic mass is 24.3. The van der Waals surface area contributed by atoms with Gasteiger partial charge in [0.25, 0.3) is 6.47 Å². The Labute approximate surface area is 46.1 Å². The Hall–Kier alpha value is 0.196. The lowest BCUT2D eigenvalue weighted by Gasteiger charge is -1.34. The maximum absolute atomic E-state index is 8.36. The molecule has 0 saturated heterocycles. The van der Waals surface area contributed by atoms with Crippen molar-refractivity contribution in [3.63, 3.8) is 0 Å². The number of hydrogen-bond acceptors (Lipinski definition) is 2. The van der Waals surface area contributed by atoms with Crippen LogP contribution in [0.3, 0.4) is 0 Å². The van der Waals surface area contributed by atoms with Gasteiger partial charge in [-0.3, -0.25) is 4.79 Å². The van der Waals surface area contributed by atoms with Crippen molar-refractivity contribution in [1.29, 1.82) is 0 Å². The van der Waals surface area contributed by atoms with E-state index in [9.17, 15) is 0 Å². The first-order chi connectivity index (χ1) is 1.41. The summed E-state index contributed by atoms with van der Waals surface area (Å²) in [6.45, 7) is -0.250. The van der Waals surface area contributed by atoms with Crippen molar-refractivity contribution in [2.75, 3.05) is 0 Å². The lowest BCUT2D eigenvalue weighted by molar-refractivity contribution is -0.122. The molecule has 0 bridgehead atoms. The highest BCUT2D eigenvalue weighted by molar-refractivity contribution is 5.75. The minimum absolute atomic E-state index is 0. The summed E-state index contributed by atoms with van der Waals surface area (Å²) in [5, 5.41) is 6.89. The number of carbonyl (C=O) groups is 1. The molecule has 4 heteroatoms. The van der Waals surface area contributed by atoms with Crippen LogP contribution in [-0.2, 0) is 4.79 Å². The highest BCUT2D eigenvalue weighted by Crippen LogP contribution is 0.966. The molecule has 0 aliphatic rings. The molecule has 0 heterocycles. The summed E-state index contributed by atoms with van der Waals surface area (Å²) in [6.07, 6.45) is 0. The van der Waals surface area contributed by atoms with Crippen LogP contribution in [0.15, 0.2) is 0 Å². The van der Waals surface area contributed by atoms with Crippen LogP contribution in [-0.4, -0.2) is 34.6 Å². The van der Waals surface area contributed by atoms with Crippen molar-refractivity contribution in [3.05, 3.63) is 0 Å². The molecule has 0 aromatic carbocycles. The molecule has 5 heavy (non-hydrogen) atoms. The third-order valence-electron chi connectivity index (χ3n) is 0. The first kappa shape index (κ1) is 19.0. The van der Waals surface area contributed by atoms with Crippen LogP contribution in [0.4, 0.5) is 0 Å². The summed E-state index contributed by atoms with van der Waals surface area (Å²) >= 11 is 0. The Balaban J connectivity index is -0.0000000200. The molecule has 0 aromatic rings. The van der Waals surface area contributed by atoms with Crippen molar-refractivity contribution in [1.82, 2.24) is 6.15 Å².